The molecule has 0 saturated carbocycles. The molecular weight excluding hydrogens is 230 g/mol. The Hall–Kier alpha value is -0.770. The Morgan fingerprint density at radius 2 is 2.20 bits per heavy atom. The van der Waals surface area contributed by atoms with Gasteiger partial charge < -0.3 is 9.73 Å². The molecule has 0 aliphatic carbocycles. The van der Waals surface area contributed by atoms with Crippen molar-refractivity contribution in [3.63, 3.8) is 0 Å². The molecule has 0 bridgehead atoms. The van der Waals surface area contributed by atoms with Crippen molar-refractivity contribution in [3.8, 4) is 10.6 Å². The molecule has 2 aromatic heterocycles. The third kappa shape index (κ3) is 2.62. The van der Waals surface area contributed by atoms with Crippen LogP contribution in [-0.2, 0) is 6.54 Å². The first-order valence-corrected chi connectivity index (χ1v) is 6.04. The second-order valence-electron chi connectivity index (χ2n) is 3.15. The summed E-state index contributed by atoms with van der Waals surface area (Å²) in [6.07, 6.45) is 0. The molecule has 0 aliphatic rings. The number of furan rings is 1. The molecule has 15 heavy (non-hydrogen) atoms. The van der Waals surface area contributed by atoms with Gasteiger partial charge in [0.25, 0.3) is 0 Å². The van der Waals surface area contributed by atoms with Crippen LogP contribution in [0, 0.1) is 0 Å². The summed E-state index contributed by atoms with van der Waals surface area (Å²) in [4.78, 5) is 1.07. The first-order chi connectivity index (χ1) is 7.29. The predicted octanol–water partition coefficient (Wildman–Crippen LogP) is 3.77. The van der Waals surface area contributed by atoms with Gasteiger partial charge in [0.1, 0.15) is 11.5 Å². The molecule has 2 heterocycles. The number of halogens is 1. The zero-order chi connectivity index (χ0) is 10.7. The lowest BCUT2D eigenvalue weighted by Gasteiger charge is -1.96. The monoisotopic (exact) mass is 241 g/mol. The van der Waals surface area contributed by atoms with E-state index in [1.165, 1.54) is 11.3 Å². The molecule has 4 heteroatoms. The average molecular weight is 242 g/mol. The number of hydrogen-bond acceptors (Lipinski definition) is 3. The quantitative estimate of drug-likeness (QED) is 0.882. The molecule has 0 spiro atoms. The maximum atomic E-state index is 5.87. The molecule has 0 aliphatic heterocycles. The van der Waals surface area contributed by atoms with Crippen LogP contribution in [0.15, 0.2) is 28.7 Å². The Morgan fingerprint density at radius 3 is 2.87 bits per heavy atom. The van der Waals surface area contributed by atoms with Crippen molar-refractivity contribution in [2.75, 3.05) is 6.54 Å². The summed E-state index contributed by atoms with van der Waals surface area (Å²) in [6.45, 7) is 3.79. The maximum absolute atomic E-state index is 5.87. The van der Waals surface area contributed by atoms with E-state index in [0.29, 0.717) is 0 Å². The molecule has 0 saturated heterocycles. The highest BCUT2D eigenvalue weighted by atomic mass is 35.5. The highest BCUT2D eigenvalue weighted by Crippen LogP contribution is 2.31. The van der Waals surface area contributed by atoms with Crippen LogP contribution in [0.2, 0.25) is 4.34 Å². The van der Waals surface area contributed by atoms with Crippen molar-refractivity contribution < 1.29 is 4.42 Å². The summed E-state index contributed by atoms with van der Waals surface area (Å²) < 4.78 is 6.46. The van der Waals surface area contributed by atoms with Crippen molar-refractivity contribution in [3.05, 3.63) is 34.4 Å². The second kappa shape index (κ2) is 4.84. The number of nitrogens with one attached hydrogen (secondary N) is 1. The fraction of sp³-hybridized carbons (Fsp3) is 0.273. The largest absolute Gasteiger partial charge is 0.459 e. The zero-order valence-electron chi connectivity index (χ0n) is 8.42. The molecule has 2 nitrogen and oxygen atoms in total. The van der Waals surface area contributed by atoms with Gasteiger partial charge in [-0.15, -0.1) is 11.3 Å². The van der Waals surface area contributed by atoms with Crippen molar-refractivity contribution in [1.29, 1.82) is 0 Å². The Balaban J connectivity index is 2.13. The number of rotatable bonds is 4. The molecular formula is C11H12ClNOS. The van der Waals surface area contributed by atoms with Crippen LogP contribution < -0.4 is 5.32 Å². The highest BCUT2D eigenvalue weighted by molar-refractivity contribution is 7.19. The summed E-state index contributed by atoms with van der Waals surface area (Å²) in [5.41, 5.74) is 0. The third-order valence-electron chi connectivity index (χ3n) is 2.03. The maximum Gasteiger partial charge on any atom is 0.144 e. The molecule has 0 amide bonds. The van der Waals surface area contributed by atoms with Gasteiger partial charge in [0.05, 0.1) is 15.8 Å². The van der Waals surface area contributed by atoms with Crippen LogP contribution in [-0.4, -0.2) is 6.54 Å². The predicted molar refractivity (Wildman–Crippen MR) is 64.4 cm³/mol. The summed E-state index contributed by atoms with van der Waals surface area (Å²) in [5, 5.41) is 3.22. The van der Waals surface area contributed by atoms with E-state index in [0.717, 1.165) is 33.8 Å². The van der Waals surface area contributed by atoms with Crippen LogP contribution >= 0.6 is 22.9 Å². The van der Waals surface area contributed by atoms with Crippen molar-refractivity contribution in [1.82, 2.24) is 5.32 Å². The summed E-state index contributed by atoms with van der Waals surface area (Å²) in [6, 6.07) is 7.83. The van der Waals surface area contributed by atoms with Crippen LogP contribution in [0.1, 0.15) is 12.7 Å². The summed E-state index contributed by atoms with van der Waals surface area (Å²) in [7, 11) is 0. The first kappa shape index (κ1) is 10.7. The Morgan fingerprint density at radius 1 is 1.33 bits per heavy atom. The van der Waals surface area contributed by atoms with E-state index in [9.17, 15) is 0 Å². The van der Waals surface area contributed by atoms with E-state index in [1.807, 2.05) is 24.3 Å². The lowest BCUT2D eigenvalue weighted by molar-refractivity contribution is 0.499. The van der Waals surface area contributed by atoms with Gasteiger partial charge in [0.15, 0.2) is 0 Å². The van der Waals surface area contributed by atoms with Crippen molar-refractivity contribution in [2.45, 2.75) is 13.5 Å². The van der Waals surface area contributed by atoms with Crippen LogP contribution in [0.5, 0.6) is 0 Å². The van der Waals surface area contributed by atoms with E-state index in [1.54, 1.807) is 0 Å². The standard InChI is InChI=1S/C11H12ClNOS/c1-2-13-7-8-3-4-9(14-8)10-5-6-11(12)15-10/h3-6,13H,2,7H2,1H3. The summed E-state index contributed by atoms with van der Waals surface area (Å²) in [5.74, 6) is 1.84. The SMILES string of the molecule is CCNCc1ccc(-c2ccc(Cl)s2)o1. The average Bonchev–Trinajstić information content (AvgIpc) is 2.83. The van der Waals surface area contributed by atoms with E-state index in [4.69, 9.17) is 16.0 Å². The van der Waals surface area contributed by atoms with Gasteiger partial charge in [-0.1, -0.05) is 18.5 Å². The first-order valence-electron chi connectivity index (χ1n) is 4.84. The molecule has 0 aromatic carbocycles. The van der Waals surface area contributed by atoms with Crippen LogP contribution in [0.3, 0.4) is 0 Å². The highest BCUT2D eigenvalue weighted by Gasteiger charge is 2.06. The fourth-order valence-electron chi connectivity index (χ4n) is 1.30. The normalized spacial score (nSPS) is 10.8. The lowest BCUT2D eigenvalue weighted by atomic mass is 10.3. The Kier molecular flexibility index (Phi) is 3.46. The summed E-state index contributed by atoms with van der Waals surface area (Å²) >= 11 is 7.39. The number of thiophene rings is 1. The van der Waals surface area contributed by atoms with Gasteiger partial charge in [0.2, 0.25) is 0 Å². The fourth-order valence-corrected chi connectivity index (χ4v) is 2.31. The number of hydrogen-bond donors (Lipinski definition) is 1. The zero-order valence-corrected chi connectivity index (χ0v) is 9.99. The lowest BCUT2D eigenvalue weighted by Crippen LogP contribution is -2.10. The molecule has 0 unspecified atom stereocenters. The minimum absolute atomic E-state index is 0.773. The second-order valence-corrected chi connectivity index (χ2v) is 4.87. The van der Waals surface area contributed by atoms with E-state index in [2.05, 4.69) is 12.2 Å². The van der Waals surface area contributed by atoms with E-state index in [-0.39, 0.29) is 0 Å². The Labute approximate surface area is 97.9 Å². The van der Waals surface area contributed by atoms with E-state index < -0.39 is 0 Å². The van der Waals surface area contributed by atoms with Gasteiger partial charge >= 0.3 is 0 Å². The molecule has 2 rings (SSSR count). The molecule has 0 fully saturated rings. The molecule has 1 N–H and O–H groups in total. The van der Waals surface area contributed by atoms with Crippen molar-refractivity contribution in [2.24, 2.45) is 0 Å². The van der Waals surface area contributed by atoms with Gasteiger partial charge in [-0.3, -0.25) is 0 Å². The minimum atomic E-state index is 0.773. The minimum Gasteiger partial charge on any atom is -0.459 e. The van der Waals surface area contributed by atoms with Gasteiger partial charge in [-0.05, 0) is 30.8 Å². The van der Waals surface area contributed by atoms with E-state index >= 15 is 0 Å². The Bertz CT molecular complexity index is 435. The molecule has 2 aromatic rings. The smallest absolute Gasteiger partial charge is 0.144 e. The molecule has 0 atom stereocenters. The third-order valence-corrected chi connectivity index (χ3v) is 3.27. The molecule has 80 valence electrons. The topological polar surface area (TPSA) is 25.2 Å². The van der Waals surface area contributed by atoms with Crippen LogP contribution in [0.4, 0.5) is 0 Å². The van der Waals surface area contributed by atoms with Gasteiger partial charge in [-0.25, -0.2) is 0 Å². The van der Waals surface area contributed by atoms with Gasteiger partial charge in [0, 0.05) is 0 Å². The van der Waals surface area contributed by atoms with Crippen molar-refractivity contribution >= 4 is 22.9 Å². The molecule has 0 radical (unpaired) electrons. The van der Waals surface area contributed by atoms with Crippen LogP contribution in [0.25, 0.3) is 10.6 Å². The van der Waals surface area contributed by atoms with Gasteiger partial charge in [-0.2, -0.15) is 0 Å².